The number of hydrogen-bond acceptors (Lipinski definition) is 12. The van der Waals surface area contributed by atoms with Crippen molar-refractivity contribution in [3.8, 4) is 0 Å². The molecule has 238 valence electrons. The minimum Gasteiger partial charge on any atom is -0.392 e. The third-order valence-electron chi connectivity index (χ3n) is 11.8. The molecule has 16 heteroatoms. The first kappa shape index (κ1) is 28.3. The van der Waals surface area contributed by atoms with Crippen LogP contribution >= 0.6 is 43.2 Å². The summed E-state index contributed by atoms with van der Waals surface area (Å²) in [5.41, 5.74) is 2.50. The first-order valence-corrected chi connectivity index (χ1v) is 19.3. The standard InChI is InChI=1S/C30H28N6O6S4/c1-33-22(39)27-11-26(15-8-4-6-10-17(15)32-21(26)36(27)24(41)29(33,13-38)44-43-27)19-18-14-7-3-5-9-16(14)31-20(18)35-23(40)28(12-37)34(2)25(42)30(19,35)46-45-28/h3-10,18-21,31-32,37-38H,11-13H2,1-2H3/t18-,19?,20+,21?,26+,27-,28-,29?,30-/m0/s1. The molecule has 12 rings (SSSR count). The van der Waals surface area contributed by atoms with Crippen molar-refractivity contribution in [2.75, 3.05) is 37.9 Å². The molecule has 0 radical (unpaired) electrons. The molecule has 0 aromatic heterocycles. The lowest BCUT2D eigenvalue weighted by atomic mass is 9.60. The lowest BCUT2D eigenvalue weighted by molar-refractivity contribution is -0.169. The fourth-order valence-corrected chi connectivity index (χ4v) is 17.3. The van der Waals surface area contributed by atoms with Crippen molar-refractivity contribution in [1.82, 2.24) is 19.6 Å². The summed E-state index contributed by atoms with van der Waals surface area (Å²) in [4.78, 5) is 59.3. The molecule has 4 amide bonds. The maximum absolute atomic E-state index is 15.0. The summed E-state index contributed by atoms with van der Waals surface area (Å²) in [6.07, 6.45) is -1.14. The molecule has 10 aliphatic heterocycles. The molecule has 4 N–H and O–H groups in total. The highest BCUT2D eigenvalue weighted by Crippen LogP contribution is 2.78. The SMILES string of the molecule is CN1C(=O)[C@@]23C[C@]4(C5[C@@H]6c7ccccc7N[C@@H]6N6C(=O)[C@]7(CO)SS[C@]56C(=O)N7C)c5ccccc5NC4N2C(=O)C1(CO)SS3. The van der Waals surface area contributed by atoms with Crippen LogP contribution in [0.1, 0.15) is 23.5 Å². The minimum absolute atomic E-state index is 0.204. The van der Waals surface area contributed by atoms with Crippen LogP contribution in [0.5, 0.6) is 0 Å². The molecule has 10 aliphatic rings. The van der Waals surface area contributed by atoms with Gasteiger partial charge in [0, 0.05) is 49.1 Å². The Hall–Kier alpha value is -2.76. The van der Waals surface area contributed by atoms with Crippen LogP contribution in [0.4, 0.5) is 11.4 Å². The van der Waals surface area contributed by atoms with E-state index in [2.05, 4.69) is 10.6 Å². The molecule has 46 heavy (non-hydrogen) atoms. The van der Waals surface area contributed by atoms with Crippen molar-refractivity contribution >= 4 is 78.2 Å². The number of hydrogen-bond donors (Lipinski definition) is 4. The summed E-state index contributed by atoms with van der Waals surface area (Å²) in [6.45, 7) is -1.07. The average Bonchev–Trinajstić information content (AvgIpc) is 3.76. The van der Waals surface area contributed by atoms with Crippen LogP contribution < -0.4 is 10.6 Å². The fourth-order valence-electron chi connectivity index (χ4n) is 9.81. The van der Waals surface area contributed by atoms with Crippen molar-refractivity contribution < 1.29 is 29.4 Å². The Bertz CT molecular complexity index is 1850. The Morgan fingerprint density at radius 2 is 1.39 bits per heavy atom. The number of piperazine rings is 2. The van der Waals surface area contributed by atoms with Gasteiger partial charge in [-0.1, -0.05) is 58.0 Å². The van der Waals surface area contributed by atoms with E-state index in [0.29, 0.717) is 0 Å². The zero-order chi connectivity index (χ0) is 31.8. The molecule has 10 heterocycles. The van der Waals surface area contributed by atoms with E-state index in [1.54, 1.807) is 23.9 Å². The molecule has 0 saturated carbocycles. The second-order valence-corrected chi connectivity index (χ2v) is 18.6. The van der Waals surface area contributed by atoms with Crippen LogP contribution in [0.3, 0.4) is 0 Å². The molecule has 9 atom stereocenters. The molecule has 8 saturated heterocycles. The Labute approximate surface area is 279 Å². The summed E-state index contributed by atoms with van der Waals surface area (Å²) in [5, 5.41) is 28.5. The minimum atomic E-state index is -1.48. The van der Waals surface area contributed by atoms with Gasteiger partial charge in [-0.05, 0) is 44.8 Å². The van der Waals surface area contributed by atoms with Crippen LogP contribution in [0.25, 0.3) is 0 Å². The predicted molar refractivity (Wildman–Crippen MR) is 175 cm³/mol. The van der Waals surface area contributed by atoms with Crippen molar-refractivity contribution in [2.24, 2.45) is 5.92 Å². The highest BCUT2D eigenvalue weighted by Gasteiger charge is 2.86. The average molecular weight is 697 g/mol. The monoisotopic (exact) mass is 696 g/mol. The highest BCUT2D eigenvalue weighted by atomic mass is 33.1. The summed E-state index contributed by atoms with van der Waals surface area (Å²) in [5.74, 6) is -2.24. The van der Waals surface area contributed by atoms with E-state index in [1.165, 1.54) is 53.0 Å². The lowest BCUT2D eigenvalue weighted by Gasteiger charge is -2.60. The molecular weight excluding hydrogens is 669 g/mol. The predicted octanol–water partition coefficient (Wildman–Crippen LogP) is 1.41. The van der Waals surface area contributed by atoms with Gasteiger partial charge in [0.1, 0.15) is 12.3 Å². The summed E-state index contributed by atoms with van der Waals surface area (Å²) >= 11 is 0. The Balaban J connectivity index is 1.29. The number of nitrogens with zero attached hydrogens (tertiary/aromatic N) is 4. The number of aliphatic hydroxyl groups excluding tert-OH is 2. The molecule has 2 spiro atoms. The molecule has 2 aromatic rings. The van der Waals surface area contributed by atoms with Gasteiger partial charge in [0.2, 0.25) is 9.74 Å². The molecule has 8 fully saturated rings. The first-order valence-electron chi connectivity index (χ1n) is 15.0. The number of aliphatic hydroxyl groups is 2. The zero-order valence-corrected chi connectivity index (χ0v) is 27.8. The maximum atomic E-state index is 15.0. The van der Waals surface area contributed by atoms with E-state index in [4.69, 9.17) is 0 Å². The number of fused-ring (bicyclic) bond motifs is 10. The topological polar surface area (TPSA) is 146 Å². The van der Waals surface area contributed by atoms with Crippen LogP contribution in [0.2, 0.25) is 0 Å². The number of anilines is 2. The van der Waals surface area contributed by atoms with Crippen molar-refractivity contribution in [1.29, 1.82) is 0 Å². The number of carbonyl (C=O) groups excluding carboxylic acids is 4. The van der Waals surface area contributed by atoms with Gasteiger partial charge in [-0.3, -0.25) is 29.0 Å². The zero-order valence-electron chi connectivity index (χ0n) is 24.5. The van der Waals surface area contributed by atoms with Gasteiger partial charge in [0.25, 0.3) is 23.6 Å². The quantitative estimate of drug-likeness (QED) is 0.345. The largest absolute Gasteiger partial charge is 0.392 e. The van der Waals surface area contributed by atoms with Gasteiger partial charge in [-0.2, -0.15) is 0 Å². The Kier molecular flexibility index (Phi) is 5.19. The van der Waals surface area contributed by atoms with E-state index in [1.807, 2.05) is 48.5 Å². The molecule has 12 nitrogen and oxygen atoms in total. The molecule has 0 aliphatic carbocycles. The summed E-state index contributed by atoms with van der Waals surface area (Å²) in [7, 11) is 8.24. The van der Waals surface area contributed by atoms with Crippen LogP contribution in [-0.2, 0) is 24.6 Å². The van der Waals surface area contributed by atoms with Gasteiger partial charge in [-0.15, -0.1) is 0 Å². The number of rotatable bonds is 3. The van der Waals surface area contributed by atoms with E-state index in [9.17, 15) is 29.4 Å². The fraction of sp³-hybridized carbons (Fsp3) is 0.467. The first-order chi connectivity index (χ1) is 22.1. The number of likely N-dealkylation sites (N-methyl/N-ethyl adjacent to an activating group) is 2. The second-order valence-electron chi connectivity index (χ2n) is 13.3. The van der Waals surface area contributed by atoms with Crippen LogP contribution in [-0.4, -0.2) is 113 Å². The van der Waals surface area contributed by atoms with Gasteiger partial charge in [-0.25, -0.2) is 0 Å². The van der Waals surface area contributed by atoms with E-state index >= 15 is 0 Å². The molecule has 4 bridgehead atoms. The van der Waals surface area contributed by atoms with Crippen molar-refractivity contribution in [2.45, 2.75) is 49.6 Å². The third kappa shape index (κ3) is 2.57. The lowest BCUT2D eigenvalue weighted by Crippen LogP contribution is -2.79. The number of benzene rings is 2. The third-order valence-corrected chi connectivity index (χ3v) is 19.1. The van der Waals surface area contributed by atoms with Gasteiger partial charge < -0.3 is 30.6 Å². The molecule has 3 unspecified atom stereocenters. The Morgan fingerprint density at radius 1 is 0.761 bits per heavy atom. The van der Waals surface area contributed by atoms with E-state index in [0.717, 1.165) is 22.5 Å². The van der Waals surface area contributed by atoms with Crippen molar-refractivity contribution in [3.63, 3.8) is 0 Å². The van der Waals surface area contributed by atoms with E-state index < -0.39 is 62.3 Å². The number of carbonyl (C=O) groups is 4. The van der Waals surface area contributed by atoms with Gasteiger partial charge in [0.15, 0.2) is 9.74 Å². The molecule has 2 aromatic carbocycles. The molecular formula is C30H28N6O6S4. The van der Waals surface area contributed by atoms with Crippen molar-refractivity contribution in [3.05, 3.63) is 59.7 Å². The Morgan fingerprint density at radius 3 is 2.13 bits per heavy atom. The summed E-state index contributed by atoms with van der Waals surface area (Å²) < 4.78 is 0. The van der Waals surface area contributed by atoms with Gasteiger partial charge in [0.05, 0.1) is 13.2 Å². The van der Waals surface area contributed by atoms with Gasteiger partial charge >= 0.3 is 0 Å². The van der Waals surface area contributed by atoms with Crippen LogP contribution in [0.15, 0.2) is 48.5 Å². The smallest absolute Gasteiger partial charge is 0.265 e. The number of nitrogens with one attached hydrogen (secondary N) is 2. The normalized spacial score (nSPS) is 43.7. The number of amides is 4. The maximum Gasteiger partial charge on any atom is 0.265 e. The highest BCUT2D eigenvalue weighted by molar-refractivity contribution is 8.78. The summed E-state index contributed by atoms with van der Waals surface area (Å²) in [6, 6.07) is 15.7. The van der Waals surface area contributed by atoms with Crippen LogP contribution in [0, 0.1) is 5.92 Å². The second kappa shape index (κ2) is 8.44. The number of para-hydroxylation sites is 2. The van der Waals surface area contributed by atoms with E-state index in [-0.39, 0.29) is 30.0 Å².